The number of epoxide rings is 1. The van der Waals surface area contributed by atoms with Gasteiger partial charge in [-0.2, -0.15) is 0 Å². The first-order valence-electron chi connectivity index (χ1n) is 10.2. The highest BCUT2D eigenvalue weighted by Gasteiger charge is 2.50. The van der Waals surface area contributed by atoms with Crippen molar-refractivity contribution in [3.05, 3.63) is 65.7 Å². The molecular weight excluding hydrogens is 396 g/mol. The number of amides is 3. The lowest BCUT2D eigenvalue weighted by molar-refractivity contribution is -0.134. The zero-order valence-electron chi connectivity index (χ0n) is 17.7. The van der Waals surface area contributed by atoms with Crippen molar-refractivity contribution in [2.24, 2.45) is 0 Å². The van der Waals surface area contributed by atoms with E-state index in [9.17, 15) is 14.4 Å². The van der Waals surface area contributed by atoms with Crippen LogP contribution in [0.3, 0.4) is 0 Å². The van der Waals surface area contributed by atoms with Crippen molar-refractivity contribution in [3.8, 4) is 0 Å². The van der Waals surface area contributed by atoms with Gasteiger partial charge in [0, 0.05) is 32.7 Å². The maximum absolute atomic E-state index is 12.6. The third-order valence-electron chi connectivity index (χ3n) is 5.04. The van der Waals surface area contributed by atoms with Crippen molar-refractivity contribution in [1.29, 1.82) is 0 Å². The quantitative estimate of drug-likeness (QED) is 0.401. The molecule has 0 bridgehead atoms. The smallest absolute Gasteiger partial charge is 0.253 e. The fourth-order valence-corrected chi connectivity index (χ4v) is 3.24. The molecule has 3 rings (SSSR count). The first-order valence-corrected chi connectivity index (χ1v) is 10.2. The van der Waals surface area contributed by atoms with Crippen molar-refractivity contribution in [1.82, 2.24) is 15.5 Å². The molecule has 164 valence electrons. The van der Waals surface area contributed by atoms with Crippen LogP contribution in [-0.2, 0) is 32.0 Å². The summed E-state index contributed by atoms with van der Waals surface area (Å²) in [6.45, 7) is 0.423. The average Bonchev–Trinajstić information content (AvgIpc) is 3.56. The number of rotatable bonds is 9. The fraction of sp³-hybridized carbons (Fsp3) is 0.348. The highest BCUT2D eigenvalue weighted by atomic mass is 16.6. The van der Waals surface area contributed by atoms with E-state index in [1.165, 1.54) is 4.90 Å². The first kappa shape index (κ1) is 22.3. The Labute approximate surface area is 181 Å². The van der Waals surface area contributed by atoms with Crippen LogP contribution in [-0.4, -0.2) is 61.5 Å². The Kier molecular flexibility index (Phi) is 7.25. The SMILES string of the molecule is CN(C)C(=O)[C@H](Cc1ccccc1)NC(=O)[C@H]1O[C@@H]1C(=O)NCCc1ccc(N)cc1. The lowest BCUT2D eigenvalue weighted by atomic mass is 10.0. The van der Waals surface area contributed by atoms with Gasteiger partial charge in [-0.15, -0.1) is 0 Å². The second-order valence-electron chi connectivity index (χ2n) is 7.74. The van der Waals surface area contributed by atoms with Gasteiger partial charge in [0.15, 0.2) is 12.2 Å². The molecule has 2 aromatic rings. The monoisotopic (exact) mass is 424 g/mol. The Hall–Kier alpha value is -3.39. The van der Waals surface area contributed by atoms with Crippen molar-refractivity contribution in [3.63, 3.8) is 0 Å². The van der Waals surface area contributed by atoms with Crippen molar-refractivity contribution >= 4 is 23.4 Å². The molecule has 1 aliphatic heterocycles. The molecule has 0 saturated carbocycles. The number of hydrogen-bond acceptors (Lipinski definition) is 5. The predicted molar refractivity (Wildman–Crippen MR) is 117 cm³/mol. The summed E-state index contributed by atoms with van der Waals surface area (Å²) in [5.74, 6) is -1.02. The van der Waals surface area contributed by atoms with Crippen LogP contribution in [0.1, 0.15) is 11.1 Å². The second kappa shape index (κ2) is 10.1. The number of nitrogen functional groups attached to an aromatic ring is 1. The average molecular weight is 425 g/mol. The van der Waals surface area contributed by atoms with E-state index in [4.69, 9.17) is 10.5 Å². The molecule has 0 spiro atoms. The standard InChI is InChI=1S/C23H28N4O4/c1-27(2)23(30)18(14-16-6-4-3-5-7-16)26-22(29)20-19(31-20)21(28)25-13-12-15-8-10-17(24)11-9-15/h3-11,18-20H,12-14,24H2,1-2H3,(H,25,28)(H,26,29)/t18-,19-,20-/m0/s1. The Bertz CT molecular complexity index is 915. The number of nitrogens with zero attached hydrogens (tertiary/aromatic N) is 1. The maximum atomic E-state index is 12.6. The Balaban J connectivity index is 1.49. The summed E-state index contributed by atoms with van der Waals surface area (Å²) in [6.07, 6.45) is -0.719. The molecule has 0 radical (unpaired) electrons. The van der Waals surface area contributed by atoms with Crippen LogP contribution in [0.2, 0.25) is 0 Å². The lowest BCUT2D eigenvalue weighted by Gasteiger charge is -2.21. The number of carbonyl (C=O) groups excluding carboxylic acids is 3. The highest BCUT2D eigenvalue weighted by molar-refractivity contribution is 5.97. The van der Waals surface area contributed by atoms with E-state index in [-0.39, 0.29) is 11.8 Å². The van der Waals surface area contributed by atoms with E-state index >= 15 is 0 Å². The molecule has 1 aliphatic rings. The Morgan fingerprint density at radius 2 is 1.61 bits per heavy atom. The van der Waals surface area contributed by atoms with Crippen LogP contribution < -0.4 is 16.4 Å². The van der Waals surface area contributed by atoms with Gasteiger partial charge in [0.25, 0.3) is 11.8 Å². The molecule has 8 heteroatoms. The highest BCUT2D eigenvalue weighted by Crippen LogP contribution is 2.23. The number of nitrogens with two attached hydrogens (primary N) is 1. The molecule has 4 N–H and O–H groups in total. The molecule has 31 heavy (non-hydrogen) atoms. The topological polar surface area (TPSA) is 117 Å². The molecule has 3 atom stereocenters. The summed E-state index contributed by atoms with van der Waals surface area (Å²) in [6, 6.07) is 16.1. The van der Waals surface area contributed by atoms with Gasteiger partial charge >= 0.3 is 0 Å². The van der Waals surface area contributed by atoms with E-state index in [2.05, 4.69) is 10.6 Å². The molecule has 1 saturated heterocycles. The van der Waals surface area contributed by atoms with Crippen LogP contribution in [0, 0.1) is 0 Å². The number of ether oxygens (including phenoxy) is 1. The number of nitrogens with one attached hydrogen (secondary N) is 2. The van der Waals surface area contributed by atoms with Crippen molar-refractivity contribution < 1.29 is 19.1 Å². The summed E-state index contributed by atoms with van der Waals surface area (Å²) >= 11 is 0. The Morgan fingerprint density at radius 3 is 2.26 bits per heavy atom. The minimum atomic E-state index is -0.884. The summed E-state index contributed by atoms with van der Waals surface area (Å²) in [5, 5.41) is 5.51. The number of benzene rings is 2. The number of anilines is 1. The molecule has 0 aromatic heterocycles. The first-order chi connectivity index (χ1) is 14.8. The molecule has 2 aromatic carbocycles. The predicted octanol–water partition coefficient (Wildman–Crippen LogP) is 0.511. The van der Waals surface area contributed by atoms with E-state index in [1.54, 1.807) is 14.1 Å². The summed E-state index contributed by atoms with van der Waals surface area (Å²) in [5.41, 5.74) is 8.32. The molecule has 1 fully saturated rings. The molecule has 0 aliphatic carbocycles. The van der Waals surface area contributed by atoms with Gasteiger partial charge < -0.3 is 26.0 Å². The van der Waals surface area contributed by atoms with Crippen LogP contribution >= 0.6 is 0 Å². The molecule has 1 heterocycles. The third kappa shape index (κ3) is 6.29. The van der Waals surface area contributed by atoms with Crippen molar-refractivity contribution in [2.75, 3.05) is 26.4 Å². The van der Waals surface area contributed by atoms with Crippen LogP contribution in [0.4, 0.5) is 5.69 Å². The summed E-state index contributed by atoms with van der Waals surface area (Å²) in [4.78, 5) is 38.8. The van der Waals surface area contributed by atoms with Gasteiger partial charge in [0.2, 0.25) is 5.91 Å². The summed E-state index contributed by atoms with van der Waals surface area (Å²) in [7, 11) is 3.27. The number of carbonyl (C=O) groups is 3. The lowest BCUT2D eigenvalue weighted by Crippen LogP contribution is -2.49. The van der Waals surface area contributed by atoms with E-state index < -0.39 is 24.2 Å². The van der Waals surface area contributed by atoms with E-state index in [1.807, 2.05) is 54.6 Å². The van der Waals surface area contributed by atoms with Crippen LogP contribution in [0.5, 0.6) is 0 Å². The van der Waals surface area contributed by atoms with Crippen LogP contribution in [0.25, 0.3) is 0 Å². The van der Waals surface area contributed by atoms with Crippen molar-refractivity contribution in [2.45, 2.75) is 31.1 Å². The minimum Gasteiger partial charge on any atom is -0.399 e. The summed E-state index contributed by atoms with van der Waals surface area (Å²) < 4.78 is 5.28. The fourth-order valence-electron chi connectivity index (χ4n) is 3.24. The molecule has 8 nitrogen and oxygen atoms in total. The molecule has 3 amide bonds. The molecular formula is C23H28N4O4. The zero-order chi connectivity index (χ0) is 22.4. The van der Waals surface area contributed by atoms with Gasteiger partial charge in [-0.1, -0.05) is 42.5 Å². The second-order valence-corrected chi connectivity index (χ2v) is 7.74. The maximum Gasteiger partial charge on any atom is 0.253 e. The van der Waals surface area contributed by atoms with E-state index in [0.29, 0.717) is 25.1 Å². The van der Waals surface area contributed by atoms with Gasteiger partial charge in [-0.25, -0.2) is 0 Å². The van der Waals surface area contributed by atoms with Gasteiger partial charge in [0.1, 0.15) is 6.04 Å². The van der Waals surface area contributed by atoms with Crippen LogP contribution in [0.15, 0.2) is 54.6 Å². The molecule has 0 unspecified atom stereocenters. The van der Waals surface area contributed by atoms with Gasteiger partial charge in [0.05, 0.1) is 0 Å². The number of likely N-dealkylation sites (N-methyl/N-ethyl adjacent to an activating group) is 1. The van der Waals surface area contributed by atoms with Gasteiger partial charge in [-0.3, -0.25) is 14.4 Å². The zero-order valence-corrected chi connectivity index (χ0v) is 17.7. The minimum absolute atomic E-state index is 0.220. The number of hydrogen-bond donors (Lipinski definition) is 3. The Morgan fingerprint density at radius 1 is 0.968 bits per heavy atom. The third-order valence-corrected chi connectivity index (χ3v) is 5.04. The normalized spacial score (nSPS) is 18.0. The van der Waals surface area contributed by atoms with E-state index in [0.717, 1.165) is 11.1 Å². The van der Waals surface area contributed by atoms with Gasteiger partial charge in [-0.05, 0) is 29.7 Å². The largest absolute Gasteiger partial charge is 0.399 e.